The van der Waals surface area contributed by atoms with E-state index in [2.05, 4.69) is 15.3 Å². The number of carbonyl (C=O) groups is 1. The second-order valence-electron chi connectivity index (χ2n) is 5.78. The molecule has 27 heavy (non-hydrogen) atoms. The molecular formula is C19H15ClN4O2S. The smallest absolute Gasteiger partial charge is 0.244 e. The molecule has 4 aromatic rings. The Morgan fingerprint density at radius 1 is 1.30 bits per heavy atom. The summed E-state index contributed by atoms with van der Waals surface area (Å²) in [4.78, 5) is 21.7. The van der Waals surface area contributed by atoms with Crippen LogP contribution in [-0.4, -0.2) is 27.6 Å². The van der Waals surface area contributed by atoms with Gasteiger partial charge in [-0.05, 0) is 30.3 Å². The predicted molar refractivity (Wildman–Crippen MR) is 107 cm³/mol. The van der Waals surface area contributed by atoms with Gasteiger partial charge in [-0.2, -0.15) is 0 Å². The normalized spacial score (nSPS) is 10.9. The molecule has 1 N–H and O–H groups in total. The quantitative estimate of drug-likeness (QED) is 0.538. The molecule has 0 fully saturated rings. The van der Waals surface area contributed by atoms with Crippen LogP contribution in [0.25, 0.3) is 22.6 Å². The number of imidazole rings is 1. The number of nitrogens with one attached hydrogen (secondary N) is 1. The average Bonchev–Trinajstić information content (AvgIpc) is 3.30. The third-order valence-corrected chi connectivity index (χ3v) is 4.87. The number of benzene rings is 2. The number of halogens is 1. The monoisotopic (exact) mass is 398 g/mol. The molecule has 2 heterocycles. The molecule has 0 bridgehead atoms. The van der Waals surface area contributed by atoms with Gasteiger partial charge >= 0.3 is 0 Å². The molecule has 2 aromatic carbocycles. The minimum Gasteiger partial charge on any atom is -0.495 e. The highest BCUT2D eigenvalue weighted by Crippen LogP contribution is 2.28. The van der Waals surface area contributed by atoms with Gasteiger partial charge in [-0.25, -0.2) is 9.97 Å². The maximum Gasteiger partial charge on any atom is 0.244 e. The van der Waals surface area contributed by atoms with E-state index in [4.69, 9.17) is 16.3 Å². The van der Waals surface area contributed by atoms with Crippen molar-refractivity contribution < 1.29 is 9.53 Å². The van der Waals surface area contributed by atoms with E-state index in [1.807, 2.05) is 34.2 Å². The van der Waals surface area contributed by atoms with Crippen molar-refractivity contribution in [1.82, 2.24) is 14.5 Å². The van der Waals surface area contributed by atoms with Gasteiger partial charge in [0, 0.05) is 10.4 Å². The number of hydrogen-bond acceptors (Lipinski definition) is 5. The lowest BCUT2D eigenvalue weighted by Gasteiger charge is -2.12. The molecule has 0 aliphatic carbocycles. The summed E-state index contributed by atoms with van der Waals surface area (Å²) in [5.74, 6) is 0.990. The molecule has 4 rings (SSSR count). The minimum atomic E-state index is -0.213. The van der Waals surface area contributed by atoms with Crippen LogP contribution >= 0.6 is 22.9 Å². The lowest BCUT2D eigenvalue weighted by atomic mass is 10.3. The van der Waals surface area contributed by atoms with Gasteiger partial charge in [-0.15, -0.1) is 11.3 Å². The van der Waals surface area contributed by atoms with E-state index < -0.39 is 0 Å². The van der Waals surface area contributed by atoms with E-state index in [0.29, 0.717) is 22.3 Å². The number of aromatic nitrogens is 3. The number of hydrogen-bond donors (Lipinski definition) is 1. The number of amides is 1. The first-order valence-corrected chi connectivity index (χ1v) is 9.45. The van der Waals surface area contributed by atoms with E-state index in [9.17, 15) is 4.79 Å². The van der Waals surface area contributed by atoms with Gasteiger partial charge in [0.05, 0.1) is 29.3 Å². The van der Waals surface area contributed by atoms with Gasteiger partial charge in [0.2, 0.25) is 5.91 Å². The van der Waals surface area contributed by atoms with Crippen molar-refractivity contribution in [2.45, 2.75) is 6.54 Å². The maximum atomic E-state index is 12.7. The summed E-state index contributed by atoms with van der Waals surface area (Å²) in [6.45, 7) is 0.0864. The van der Waals surface area contributed by atoms with Crippen molar-refractivity contribution in [1.29, 1.82) is 0 Å². The first-order valence-electron chi connectivity index (χ1n) is 8.13. The zero-order valence-electron chi connectivity index (χ0n) is 14.3. The molecule has 136 valence electrons. The Morgan fingerprint density at radius 3 is 2.93 bits per heavy atom. The van der Waals surface area contributed by atoms with Crippen LogP contribution in [0.1, 0.15) is 0 Å². The van der Waals surface area contributed by atoms with Crippen LogP contribution < -0.4 is 10.1 Å². The van der Waals surface area contributed by atoms with Crippen molar-refractivity contribution >= 4 is 45.6 Å². The van der Waals surface area contributed by atoms with Gasteiger partial charge in [0.25, 0.3) is 0 Å². The largest absolute Gasteiger partial charge is 0.495 e. The molecule has 0 saturated heterocycles. The fourth-order valence-electron chi connectivity index (χ4n) is 2.87. The van der Waals surface area contributed by atoms with Crippen molar-refractivity contribution in [2.75, 3.05) is 12.4 Å². The third-order valence-electron chi connectivity index (χ3n) is 4.05. The van der Waals surface area contributed by atoms with Crippen LogP contribution in [0.2, 0.25) is 5.02 Å². The van der Waals surface area contributed by atoms with Crippen LogP contribution in [0, 0.1) is 0 Å². The first-order chi connectivity index (χ1) is 13.2. The second kappa shape index (κ2) is 7.38. The first kappa shape index (κ1) is 17.5. The molecular weight excluding hydrogens is 384 g/mol. The van der Waals surface area contributed by atoms with Crippen LogP contribution in [0.3, 0.4) is 0 Å². The van der Waals surface area contributed by atoms with Crippen molar-refractivity contribution in [3.8, 4) is 17.3 Å². The van der Waals surface area contributed by atoms with Gasteiger partial charge in [-0.3, -0.25) is 4.79 Å². The number of ether oxygens (including phenoxy) is 1. The Kier molecular flexibility index (Phi) is 4.79. The van der Waals surface area contributed by atoms with Gasteiger partial charge < -0.3 is 14.6 Å². The van der Waals surface area contributed by atoms with Crippen LogP contribution in [0.5, 0.6) is 5.75 Å². The standard InChI is InChI=1S/C19H15ClN4O2S/c1-26-17-7-6-12(20)8-14(17)22-18(25)9-24-16-5-3-2-4-13(16)23-19(24)15-10-27-11-21-15/h2-8,10-11H,9H2,1H3,(H,22,25). The number of nitrogens with zero attached hydrogens (tertiary/aromatic N) is 3. The molecule has 2 aromatic heterocycles. The summed E-state index contributed by atoms with van der Waals surface area (Å²) in [7, 11) is 1.54. The highest BCUT2D eigenvalue weighted by molar-refractivity contribution is 7.07. The summed E-state index contributed by atoms with van der Waals surface area (Å²) in [5, 5.41) is 5.29. The molecule has 1 amide bonds. The number of fused-ring (bicyclic) bond motifs is 1. The van der Waals surface area contributed by atoms with E-state index >= 15 is 0 Å². The van der Waals surface area contributed by atoms with E-state index in [0.717, 1.165) is 16.7 Å². The number of rotatable bonds is 5. The molecule has 0 radical (unpaired) electrons. The Hall–Kier alpha value is -2.90. The lowest BCUT2D eigenvalue weighted by molar-refractivity contribution is -0.116. The average molecular weight is 399 g/mol. The summed E-state index contributed by atoms with van der Waals surface area (Å²) >= 11 is 7.53. The van der Waals surface area contributed by atoms with Crippen molar-refractivity contribution in [3.63, 3.8) is 0 Å². The Bertz CT molecular complexity index is 1110. The molecule has 8 heteroatoms. The van der Waals surface area contributed by atoms with E-state index in [1.54, 1.807) is 30.8 Å². The number of carbonyl (C=O) groups excluding carboxylic acids is 1. The fraction of sp³-hybridized carbons (Fsp3) is 0.105. The summed E-state index contributed by atoms with van der Waals surface area (Å²) in [6.07, 6.45) is 0. The Labute approximate surface area is 164 Å². The number of para-hydroxylation sites is 2. The molecule has 0 unspecified atom stereocenters. The second-order valence-corrected chi connectivity index (χ2v) is 6.93. The van der Waals surface area contributed by atoms with Gasteiger partial charge in [0.15, 0.2) is 5.82 Å². The zero-order valence-corrected chi connectivity index (χ0v) is 15.9. The molecule has 0 aliphatic heterocycles. The Morgan fingerprint density at radius 2 is 2.15 bits per heavy atom. The lowest BCUT2D eigenvalue weighted by Crippen LogP contribution is -2.19. The van der Waals surface area contributed by atoms with Crippen molar-refractivity contribution in [2.24, 2.45) is 0 Å². The number of anilines is 1. The molecule has 0 spiro atoms. The van der Waals surface area contributed by atoms with Crippen LogP contribution in [0.15, 0.2) is 53.4 Å². The third kappa shape index (κ3) is 3.51. The SMILES string of the molecule is COc1ccc(Cl)cc1NC(=O)Cn1c(-c2cscn2)nc2ccccc21. The molecule has 6 nitrogen and oxygen atoms in total. The maximum absolute atomic E-state index is 12.7. The number of thiazole rings is 1. The predicted octanol–water partition coefficient (Wildman–Crippen LogP) is 4.46. The summed E-state index contributed by atoms with van der Waals surface area (Å²) in [5.41, 5.74) is 4.69. The summed E-state index contributed by atoms with van der Waals surface area (Å²) < 4.78 is 7.15. The van der Waals surface area contributed by atoms with Crippen LogP contribution in [-0.2, 0) is 11.3 Å². The van der Waals surface area contributed by atoms with E-state index in [1.165, 1.54) is 11.3 Å². The summed E-state index contributed by atoms with van der Waals surface area (Å²) in [6, 6.07) is 12.8. The number of methoxy groups -OCH3 is 1. The van der Waals surface area contributed by atoms with Crippen molar-refractivity contribution in [3.05, 3.63) is 58.4 Å². The molecule has 0 saturated carbocycles. The topological polar surface area (TPSA) is 69.0 Å². The van der Waals surface area contributed by atoms with Crippen LogP contribution in [0.4, 0.5) is 5.69 Å². The van der Waals surface area contributed by atoms with Gasteiger partial charge in [-0.1, -0.05) is 23.7 Å². The molecule has 0 atom stereocenters. The Balaban J connectivity index is 1.68. The fourth-order valence-corrected chi connectivity index (χ4v) is 3.57. The van der Waals surface area contributed by atoms with Gasteiger partial charge in [0.1, 0.15) is 18.0 Å². The highest BCUT2D eigenvalue weighted by Gasteiger charge is 2.17. The highest BCUT2D eigenvalue weighted by atomic mass is 35.5. The zero-order chi connectivity index (χ0) is 18.8. The van der Waals surface area contributed by atoms with E-state index in [-0.39, 0.29) is 12.5 Å². The minimum absolute atomic E-state index is 0.0864. The molecule has 0 aliphatic rings.